The zero-order valence-corrected chi connectivity index (χ0v) is 13.7. The molecule has 114 valence electrons. The summed E-state index contributed by atoms with van der Waals surface area (Å²) in [6, 6.07) is 0. The molecular formula is C17H34O2. The van der Waals surface area contributed by atoms with Crippen molar-refractivity contribution < 1.29 is 9.47 Å². The van der Waals surface area contributed by atoms with Crippen LogP contribution in [-0.4, -0.2) is 26.4 Å². The van der Waals surface area contributed by atoms with Crippen LogP contribution in [0.2, 0.25) is 0 Å². The summed E-state index contributed by atoms with van der Waals surface area (Å²) in [6.07, 6.45) is 4.03. The van der Waals surface area contributed by atoms with Gasteiger partial charge in [0.15, 0.2) is 0 Å². The van der Waals surface area contributed by atoms with Gasteiger partial charge in [0.1, 0.15) is 0 Å². The Morgan fingerprint density at radius 2 is 1.47 bits per heavy atom. The lowest BCUT2D eigenvalue weighted by Gasteiger charge is -2.36. The van der Waals surface area contributed by atoms with Gasteiger partial charge in [0.25, 0.3) is 0 Å². The van der Waals surface area contributed by atoms with Gasteiger partial charge in [-0.3, -0.25) is 0 Å². The van der Waals surface area contributed by atoms with Crippen LogP contribution >= 0.6 is 0 Å². The van der Waals surface area contributed by atoms with Crippen LogP contribution in [0, 0.1) is 29.6 Å². The molecule has 0 aromatic heterocycles. The van der Waals surface area contributed by atoms with E-state index in [-0.39, 0.29) is 0 Å². The van der Waals surface area contributed by atoms with E-state index >= 15 is 0 Å². The summed E-state index contributed by atoms with van der Waals surface area (Å²) in [5, 5.41) is 0. The molecule has 19 heavy (non-hydrogen) atoms. The molecule has 1 aliphatic rings. The minimum Gasteiger partial charge on any atom is -0.381 e. The van der Waals surface area contributed by atoms with E-state index in [0.717, 1.165) is 32.3 Å². The first kappa shape index (κ1) is 17.0. The number of ether oxygens (including phenoxy) is 2. The van der Waals surface area contributed by atoms with Crippen LogP contribution < -0.4 is 0 Å². The maximum Gasteiger partial charge on any atom is 0.0500 e. The number of rotatable bonds is 8. The summed E-state index contributed by atoms with van der Waals surface area (Å²) in [5.41, 5.74) is 0. The average molecular weight is 270 g/mol. The van der Waals surface area contributed by atoms with Crippen LogP contribution in [0.1, 0.15) is 53.9 Å². The third-order valence-corrected chi connectivity index (χ3v) is 4.12. The minimum absolute atomic E-state index is 0.634. The Kier molecular flexibility index (Phi) is 8.01. The number of hydrogen-bond acceptors (Lipinski definition) is 2. The standard InChI is InChI=1S/C17H34O2/c1-13(2)9-18-11-16-8-6-7-15(5)17(16)12-19-10-14(3)4/h13-17H,6-12H2,1-5H3. The molecule has 3 unspecified atom stereocenters. The number of hydrogen-bond donors (Lipinski definition) is 0. The van der Waals surface area contributed by atoms with Crippen molar-refractivity contribution >= 4 is 0 Å². The molecule has 0 amide bonds. The van der Waals surface area contributed by atoms with Crippen LogP contribution in [0.4, 0.5) is 0 Å². The molecular weight excluding hydrogens is 236 g/mol. The third-order valence-electron chi connectivity index (χ3n) is 4.12. The summed E-state index contributed by atoms with van der Waals surface area (Å²) in [6.45, 7) is 14.9. The van der Waals surface area contributed by atoms with Crippen molar-refractivity contribution in [3.63, 3.8) is 0 Å². The van der Waals surface area contributed by atoms with Gasteiger partial charge in [0.05, 0.1) is 0 Å². The monoisotopic (exact) mass is 270 g/mol. The molecule has 0 aliphatic heterocycles. The van der Waals surface area contributed by atoms with Crippen LogP contribution in [0.15, 0.2) is 0 Å². The van der Waals surface area contributed by atoms with E-state index in [1.54, 1.807) is 0 Å². The molecule has 1 saturated carbocycles. The minimum atomic E-state index is 0.634. The van der Waals surface area contributed by atoms with E-state index in [1.807, 2.05) is 0 Å². The molecule has 1 fully saturated rings. The molecule has 0 bridgehead atoms. The molecule has 1 rings (SSSR count). The average Bonchev–Trinajstić information content (AvgIpc) is 2.31. The van der Waals surface area contributed by atoms with Crippen LogP contribution in [0.5, 0.6) is 0 Å². The molecule has 0 saturated heterocycles. The fourth-order valence-electron chi connectivity index (χ4n) is 3.00. The highest BCUT2D eigenvalue weighted by atomic mass is 16.5. The highest BCUT2D eigenvalue weighted by Gasteiger charge is 2.30. The van der Waals surface area contributed by atoms with E-state index in [4.69, 9.17) is 9.47 Å². The van der Waals surface area contributed by atoms with E-state index < -0.39 is 0 Å². The topological polar surface area (TPSA) is 18.5 Å². The molecule has 0 radical (unpaired) electrons. The quantitative estimate of drug-likeness (QED) is 0.651. The van der Waals surface area contributed by atoms with E-state index in [1.165, 1.54) is 19.3 Å². The zero-order valence-electron chi connectivity index (χ0n) is 13.7. The van der Waals surface area contributed by atoms with E-state index in [2.05, 4.69) is 34.6 Å². The largest absolute Gasteiger partial charge is 0.381 e. The van der Waals surface area contributed by atoms with Gasteiger partial charge < -0.3 is 9.47 Å². The fourth-order valence-corrected chi connectivity index (χ4v) is 3.00. The Morgan fingerprint density at radius 1 is 0.895 bits per heavy atom. The predicted molar refractivity (Wildman–Crippen MR) is 81.3 cm³/mol. The van der Waals surface area contributed by atoms with Crippen molar-refractivity contribution in [1.29, 1.82) is 0 Å². The molecule has 3 atom stereocenters. The molecule has 1 aliphatic carbocycles. The maximum atomic E-state index is 5.91. The summed E-state index contributed by atoms with van der Waals surface area (Å²) < 4.78 is 11.8. The van der Waals surface area contributed by atoms with Crippen molar-refractivity contribution in [3.05, 3.63) is 0 Å². The summed E-state index contributed by atoms with van der Waals surface area (Å²) in [4.78, 5) is 0. The lowest BCUT2D eigenvalue weighted by atomic mass is 9.73. The Hall–Kier alpha value is -0.0800. The second kappa shape index (κ2) is 8.97. The first-order valence-electron chi connectivity index (χ1n) is 8.16. The van der Waals surface area contributed by atoms with Gasteiger partial charge in [-0.25, -0.2) is 0 Å². The molecule has 0 spiro atoms. The van der Waals surface area contributed by atoms with Crippen LogP contribution in [0.3, 0.4) is 0 Å². The zero-order chi connectivity index (χ0) is 14.3. The SMILES string of the molecule is CC(C)COCC1CCCC(C)C1COCC(C)C. The highest BCUT2D eigenvalue weighted by molar-refractivity contribution is 4.80. The normalized spacial score (nSPS) is 28.3. The van der Waals surface area contributed by atoms with Gasteiger partial charge in [-0.05, 0) is 36.0 Å². The molecule has 0 aromatic carbocycles. The van der Waals surface area contributed by atoms with E-state index in [9.17, 15) is 0 Å². The fraction of sp³-hybridized carbons (Fsp3) is 1.00. The summed E-state index contributed by atoms with van der Waals surface area (Å²) >= 11 is 0. The molecule has 2 heteroatoms. The van der Waals surface area contributed by atoms with Gasteiger partial charge in [-0.1, -0.05) is 47.5 Å². The van der Waals surface area contributed by atoms with Crippen molar-refractivity contribution in [1.82, 2.24) is 0 Å². The highest BCUT2D eigenvalue weighted by Crippen LogP contribution is 2.35. The summed E-state index contributed by atoms with van der Waals surface area (Å²) in [5.74, 6) is 3.45. The van der Waals surface area contributed by atoms with Crippen molar-refractivity contribution in [2.75, 3.05) is 26.4 Å². The Labute approximate surface area is 120 Å². The van der Waals surface area contributed by atoms with Gasteiger partial charge >= 0.3 is 0 Å². The summed E-state index contributed by atoms with van der Waals surface area (Å²) in [7, 11) is 0. The van der Waals surface area contributed by atoms with Gasteiger partial charge in [0.2, 0.25) is 0 Å². The van der Waals surface area contributed by atoms with Gasteiger partial charge in [0, 0.05) is 26.4 Å². The second-order valence-electron chi connectivity index (χ2n) is 7.19. The smallest absolute Gasteiger partial charge is 0.0500 e. The van der Waals surface area contributed by atoms with Crippen molar-refractivity contribution in [2.45, 2.75) is 53.9 Å². The third kappa shape index (κ3) is 6.76. The first-order chi connectivity index (χ1) is 9.00. The second-order valence-corrected chi connectivity index (χ2v) is 7.19. The van der Waals surface area contributed by atoms with Crippen molar-refractivity contribution in [3.8, 4) is 0 Å². The Balaban J connectivity index is 2.36. The van der Waals surface area contributed by atoms with Crippen LogP contribution in [0.25, 0.3) is 0 Å². The van der Waals surface area contributed by atoms with Crippen LogP contribution in [-0.2, 0) is 9.47 Å². The molecule has 0 N–H and O–H groups in total. The Bertz CT molecular complexity index is 225. The first-order valence-corrected chi connectivity index (χ1v) is 8.16. The lowest BCUT2D eigenvalue weighted by molar-refractivity contribution is -0.0170. The Morgan fingerprint density at radius 3 is 2.05 bits per heavy atom. The van der Waals surface area contributed by atoms with E-state index in [0.29, 0.717) is 23.7 Å². The van der Waals surface area contributed by atoms with Crippen molar-refractivity contribution in [2.24, 2.45) is 29.6 Å². The van der Waals surface area contributed by atoms with Gasteiger partial charge in [-0.2, -0.15) is 0 Å². The molecule has 0 aromatic rings. The molecule has 0 heterocycles. The predicted octanol–water partition coefficient (Wildman–Crippen LogP) is 4.38. The molecule has 2 nitrogen and oxygen atoms in total. The lowest BCUT2D eigenvalue weighted by Crippen LogP contribution is -2.34. The maximum absolute atomic E-state index is 5.91. The van der Waals surface area contributed by atoms with Gasteiger partial charge in [-0.15, -0.1) is 0 Å².